The fraction of sp³-hybridized carbons (Fsp3) is 0.643. The number of aromatic nitrogens is 1. The highest BCUT2D eigenvalue weighted by atomic mass is 32.2. The van der Waals surface area contributed by atoms with Crippen LogP contribution >= 0.6 is 0 Å². The summed E-state index contributed by atoms with van der Waals surface area (Å²) in [5.41, 5.74) is 0.556. The fourth-order valence-corrected chi connectivity index (χ4v) is 3.67. The van der Waals surface area contributed by atoms with Crippen molar-refractivity contribution >= 4 is 15.7 Å². The predicted octanol–water partition coefficient (Wildman–Crippen LogP) is 2.58. The molecule has 0 radical (unpaired) electrons. The van der Waals surface area contributed by atoms with E-state index in [1.807, 2.05) is 0 Å². The van der Waals surface area contributed by atoms with E-state index in [2.05, 4.69) is 38.0 Å². The molecule has 1 aliphatic carbocycles. The molecule has 1 saturated carbocycles. The molecule has 2 rings (SSSR count). The number of nitrogens with one attached hydrogen (secondary N) is 1. The first-order chi connectivity index (χ1) is 8.58. The van der Waals surface area contributed by atoms with Gasteiger partial charge in [-0.1, -0.05) is 27.7 Å². The smallest absolute Gasteiger partial charge is 0.179 e. The Morgan fingerprint density at radius 1 is 1.26 bits per heavy atom. The van der Waals surface area contributed by atoms with Crippen LogP contribution in [0.5, 0.6) is 0 Å². The van der Waals surface area contributed by atoms with E-state index in [-0.39, 0.29) is 15.7 Å². The molecule has 0 aromatic carbocycles. The quantitative estimate of drug-likeness (QED) is 0.922. The van der Waals surface area contributed by atoms with E-state index >= 15 is 0 Å². The zero-order valence-electron chi connectivity index (χ0n) is 12.2. The van der Waals surface area contributed by atoms with E-state index in [4.69, 9.17) is 0 Å². The summed E-state index contributed by atoms with van der Waals surface area (Å²) in [6.07, 6.45) is 2.82. The van der Waals surface area contributed by atoms with Crippen LogP contribution in [0.3, 0.4) is 0 Å². The van der Waals surface area contributed by atoms with Crippen molar-refractivity contribution in [2.45, 2.75) is 32.6 Å². The van der Waals surface area contributed by atoms with Crippen molar-refractivity contribution in [3.8, 4) is 0 Å². The lowest BCUT2D eigenvalue weighted by atomic mass is 10.0. The van der Waals surface area contributed by atoms with Gasteiger partial charge in [0.15, 0.2) is 9.84 Å². The van der Waals surface area contributed by atoms with Gasteiger partial charge in [0.05, 0.1) is 0 Å². The van der Waals surface area contributed by atoms with Crippen molar-refractivity contribution in [1.29, 1.82) is 0 Å². The van der Waals surface area contributed by atoms with Crippen LogP contribution in [-0.2, 0) is 9.84 Å². The van der Waals surface area contributed by atoms with Gasteiger partial charge in [-0.3, -0.25) is 0 Å². The SMILES string of the molecule is CC1(C)C(CNc2ncccc2S(C)(=O)=O)C1(C)C. The zero-order chi connectivity index (χ0) is 14.5. The van der Waals surface area contributed by atoms with Crippen LogP contribution in [0, 0.1) is 16.7 Å². The van der Waals surface area contributed by atoms with Crippen LogP contribution in [-0.4, -0.2) is 26.2 Å². The summed E-state index contributed by atoms with van der Waals surface area (Å²) < 4.78 is 23.4. The van der Waals surface area contributed by atoms with Crippen LogP contribution in [0.2, 0.25) is 0 Å². The molecule has 5 heteroatoms. The summed E-state index contributed by atoms with van der Waals surface area (Å²) in [5.74, 6) is 0.984. The molecule has 1 aliphatic rings. The van der Waals surface area contributed by atoms with Gasteiger partial charge in [0.2, 0.25) is 0 Å². The van der Waals surface area contributed by atoms with Crippen molar-refractivity contribution in [3.05, 3.63) is 18.3 Å². The van der Waals surface area contributed by atoms with Crippen LogP contribution < -0.4 is 5.32 Å². The highest BCUT2D eigenvalue weighted by Gasteiger charge is 2.64. The van der Waals surface area contributed by atoms with Gasteiger partial charge in [0, 0.05) is 19.0 Å². The third-order valence-corrected chi connectivity index (χ3v) is 6.09. The van der Waals surface area contributed by atoms with Gasteiger partial charge in [-0.2, -0.15) is 0 Å². The molecule has 1 aromatic rings. The lowest BCUT2D eigenvalue weighted by molar-refractivity contribution is 0.457. The molecule has 0 bridgehead atoms. The largest absolute Gasteiger partial charge is 0.369 e. The molecule has 0 aliphatic heterocycles. The first-order valence-corrected chi connectivity index (χ1v) is 8.36. The van der Waals surface area contributed by atoms with E-state index in [9.17, 15) is 8.42 Å². The van der Waals surface area contributed by atoms with Crippen molar-refractivity contribution in [2.24, 2.45) is 16.7 Å². The van der Waals surface area contributed by atoms with Gasteiger partial charge in [0.25, 0.3) is 0 Å². The van der Waals surface area contributed by atoms with Gasteiger partial charge >= 0.3 is 0 Å². The molecule has 0 spiro atoms. The third-order valence-electron chi connectivity index (χ3n) is 4.96. The van der Waals surface area contributed by atoms with E-state index in [1.54, 1.807) is 18.3 Å². The van der Waals surface area contributed by atoms with E-state index in [1.165, 1.54) is 6.26 Å². The minimum Gasteiger partial charge on any atom is -0.369 e. The third kappa shape index (κ3) is 2.36. The molecule has 0 atom stereocenters. The topological polar surface area (TPSA) is 59.1 Å². The standard InChI is InChI=1S/C14H22N2O2S/c1-13(2)11(14(13,3)4)9-16-12-10(19(5,17)18)7-6-8-15-12/h6-8,11H,9H2,1-5H3,(H,15,16). The maximum absolute atomic E-state index is 11.7. The van der Waals surface area contributed by atoms with Crippen molar-refractivity contribution in [3.63, 3.8) is 0 Å². The molecule has 0 amide bonds. The number of nitrogens with zero attached hydrogens (tertiary/aromatic N) is 1. The Hall–Kier alpha value is -1.10. The van der Waals surface area contributed by atoms with E-state index < -0.39 is 9.84 Å². The summed E-state index contributed by atoms with van der Waals surface area (Å²) in [4.78, 5) is 4.42. The summed E-state index contributed by atoms with van der Waals surface area (Å²) in [7, 11) is -3.24. The van der Waals surface area contributed by atoms with Crippen LogP contribution in [0.4, 0.5) is 5.82 Å². The molecule has 106 valence electrons. The Bertz CT molecular complexity index is 577. The second-order valence-electron chi connectivity index (χ2n) is 6.50. The van der Waals surface area contributed by atoms with Gasteiger partial charge < -0.3 is 5.32 Å². The first kappa shape index (κ1) is 14.3. The molecular weight excluding hydrogens is 260 g/mol. The van der Waals surface area contributed by atoms with Crippen molar-refractivity contribution in [1.82, 2.24) is 4.98 Å². The first-order valence-electron chi connectivity index (χ1n) is 6.47. The van der Waals surface area contributed by atoms with Crippen LogP contribution in [0.25, 0.3) is 0 Å². The van der Waals surface area contributed by atoms with Gasteiger partial charge in [-0.15, -0.1) is 0 Å². The van der Waals surface area contributed by atoms with E-state index in [0.717, 1.165) is 6.54 Å². The van der Waals surface area contributed by atoms with Gasteiger partial charge in [-0.25, -0.2) is 13.4 Å². The molecule has 1 fully saturated rings. The Kier molecular flexibility index (Phi) is 3.16. The number of rotatable bonds is 4. The second kappa shape index (κ2) is 4.20. The summed E-state index contributed by atoms with van der Waals surface area (Å²) >= 11 is 0. The minimum atomic E-state index is -3.24. The molecular formula is C14H22N2O2S. The molecule has 0 saturated heterocycles. The fourth-order valence-electron chi connectivity index (χ4n) is 2.86. The summed E-state index contributed by atoms with van der Waals surface area (Å²) in [6.45, 7) is 9.73. The molecule has 1 heterocycles. The van der Waals surface area contributed by atoms with Gasteiger partial charge in [0.1, 0.15) is 10.7 Å². The van der Waals surface area contributed by atoms with Crippen molar-refractivity contribution in [2.75, 3.05) is 18.1 Å². The number of anilines is 1. The monoisotopic (exact) mass is 282 g/mol. The number of hydrogen-bond donors (Lipinski definition) is 1. The van der Waals surface area contributed by atoms with Crippen molar-refractivity contribution < 1.29 is 8.42 Å². The second-order valence-corrected chi connectivity index (χ2v) is 8.48. The average Bonchev–Trinajstić information content (AvgIpc) is 2.66. The van der Waals surface area contributed by atoms with Crippen LogP contribution in [0.1, 0.15) is 27.7 Å². The number of hydrogen-bond acceptors (Lipinski definition) is 4. The summed E-state index contributed by atoms with van der Waals surface area (Å²) in [6, 6.07) is 3.24. The lowest BCUT2D eigenvalue weighted by Gasteiger charge is -2.10. The Labute approximate surface area is 115 Å². The van der Waals surface area contributed by atoms with Crippen LogP contribution in [0.15, 0.2) is 23.2 Å². The highest BCUT2D eigenvalue weighted by Crippen LogP contribution is 2.68. The molecule has 0 unspecified atom stereocenters. The predicted molar refractivity (Wildman–Crippen MR) is 76.9 cm³/mol. The Balaban J connectivity index is 2.15. The molecule has 1 aromatic heterocycles. The maximum Gasteiger partial charge on any atom is 0.179 e. The zero-order valence-corrected chi connectivity index (χ0v) is 13.0. The number of pyridine rings is 1. The lowest BCUT2D eigenvalue weighted by Crippen LogP contribution is -2.12. The van der Waals surface area contributed by atoms with Gasteiger partial charge in [-0.05, 0) is 28.9 Å². The summed E-state index contributed by atoms with van der Waals surface area (Å²) in [5, 5.41) is 3.20. The molecule has 4 nitrogen and oxygen atoms in total. The normalized spacial score (nSPS) is 21.1. The molecule has 1 N–H and O–H groups in total. The maximum atomic E-state index is 11.7. The van der Waals surface area contributed by atoms with E-state index in [0.29, 0.717) is 11.7 Å². The Morgan fingerprint density at radius 3 is 2.32 bits per heavy atom. The Morgan fingerprint density at radius 2 is 1.84 bits per heavy atom. The average molecular weight is 282 g/mol. The minimum absolute atomic E-state index is 0.270. The number of sulfone groups is 1. The molecule has 19 heavy (non-hydrogen) atoms. The highest BCUT2D eigenvalue weighted by molar-refractivity contribution is 7.90.